The first-order valence-corrected chi connectivity index (χ1v) is 7.05. The zero-order chi connectivity index (χ0) is 15.4. The number of nitrogens with zero attached hydrogens (tertiary/aromatic N) is 3. The number of rotatable bonds is 6. The van der Waals surface area contributed by atoms with E-state index in [2.05, 4.69) is 41.4 Å². The number of nitrogens with one attached hydrogen (secondary N) is 1. The molecule has 1 heterocycles. The van der Waals surface area contributed by atoms with Gasteiger partial charge in [0.1, 0.15) is 5.75 Å². The van der Waals surface area contributed by atoms with E-state index in [0.29, 0.717) is 0 Å². The third kappa shape index (κ3) is 3.76. The highest BCUT2D eigenvalue weighted by Crippen LogP contribution is 2.23. The third-order valence-corrected chi connectivity index (χ3v) is 3.55. The summed E-state index contributed by atoms with van der Waals surface area (Å²) < 4.78 is 7.32. The van der Waals surface area contributed by atoms with Gasteiger partial charge in [-0.25, -0.2) is 4.98 Å². The van der Waals surface area contributed by atoms with E-state index in [1.165, 1.54) is 5.56 Å². The van der Waals surface area contributed by atoms with Crippen molar-refractivity contribution in [3.8, 4) is 5.75 Å². The molecule has 0 bridgehead atoms. The maximum absolute atomic E-state index is 5.31. The fourth-order valence-corrected chi connectivity index (χ4v) is 2.42. The summed E-state index contributed by atoms with van der Waals surface area (Å²) in [6.07, 6.45) is 2.01. The number of benzene rings is 1. The highest BCUT2D eigenvalue weighted by atomic mass is 16.5. The zero-order valence-corrected chi connectivity index (χ0v) is 13.4. The molecule has 0 spiro atoms. The van der Waals surface area contributed by atoms with Crippen molar-refractivity contribution in [3.63, 3.8) is 0 Å². The maximum Gasteiger partial charge on any atom is 0.202 e. The van der Waals surface area contributed by atoms with Crippen LogP contribution in [0.4, 0.5) is 5.95 Å². The smallest absolute Gasteiger partial charge is 0.202 e. The summed E-state index contributed by atoms with van der Waals surface area (Å²) in [5, 5.41) is 3.42. The van der Waals surface area contributed by atoms with Crippen LogP contribution in [-0.4, -0.2) is 42.2 Å². The number of methoxy groups -OCH3 is 1. The van der Waals surface area contributed by atoms with Crippen molar-refractivity contribution in [1.82, 2.24) is 14.5 Å². The molecule has 0 radical (unpaired) electrons. The van der Waals surface area contributed by atoms with Gasteiger partial charge in [-0.3, -0.25) is 0 Å². The summed E-state index contributed by atoms with van der Waals surface area (Å²) in [4.78, 5) is 6.67. The van der Waals surface area contributed by atoms with Gasteiger partial charge in [-0.15, -0.1) is 0 Å². The summed E-state index contributed by atoms with van der Waals surface area (Å²) in [6.45, 7) is 2.78. The van der Waals surface area contributed by atoms with Gasteiger partial charge >= 0.3 is 0 Å². The van der Waals surface area contributed by atoms with Crippen LogP contribution in [0.2, 0.25) is 0 Å². The van der Waals surface area contributed by atoms with E-state index in [-0.39, 0.29) is 6.04 Å². The van der Waals surface area contributed by atoms with E-state index >= 15 is 0 Å². The molecule has 2 rings (SSSR count). The molecule has 1 unspecified atom stereocenters. The number of aryl methyl sites for hydroxylation is 2. The molecule has 0 saturated heterocycles. The van der Waals surface area contributed by atoms with Crippen LogP contribution in [-0.2, 0) is 7.05 Å². The molecular formula is C16H24N4O. The number of aromatic nitrogens is 2. The predicted molar refractivity (Wildman–Crippen MR) is 85.9 cm³/mol. The van der Waals surface area contributed by atoms with Crippen molar-refractivity contribution in [3.05, 3.63) is 41.7 Å². The lowest BCUT2D eigenvalue weighted by Gasteiger charge is -2.25. The molecule has 2 aromatic rings. The van der Waals surface area contributed by atoms with Crippen LogP contribution in [0.25, 0.3) is 0 Å². The lowest BCUT2D eigenvalue weighted by Crippen LogP contribution is -2.27. The topological polar surface area (TPSA) is 42.3 Å². The molecular weight excluding hydrogens is 264 g/mol. The Morgan fingerprint density at radius 2 is 2.14 bits per heavy atom. The summed E-state index contributed by atoms with van der Waals surface area (Å²) in [5.74, 6) is 1.77. The molecule has 0 saturated carbocycles. The van der Waals surface area contributed by atoms with Crippen LogP contribution < -0.4 is 10.1 Å². The van der Waals surface area contributed by atoms with Gasteiger partial charge in [-0.2, -0.15) is 0 Å². The van der Waals surface area contributed by atoms with E-state index in [4.69, 9.17) is 4.74 Å². The van der Waals surface area contributed by atoms with Gasteiger partial charge in [0.2, 0.25) is 5.95 Å². The van der Waals surface area contributed by atoms with Crippen molar-refractivity contribution < 1.29 is 4.74 Å². The first-order chi connectivity index (χ1) is 10.0. The number of hydrogen-bond donors (Lipinski definition) is 1. The Morgan fingerprint density at radius 1 is 1.38 bits per heavy atom. The second kappa shape index (κ2) is 6.63. The molecule has 0 aliphatic carbocycles. The van der Waals surface area contributed by atoms with Crippen molar-refractivity contribution in [1.29, 1.82) is 0 Å². The Labute approximate surface area is 126 Å². The molecule has 0 fully saturated rings. The molecule has 114 valence electrons. The lowest BCUT2D eigenvalue weighted by atomic mass is 10.1. The molecule has 0 amide bonds. The van der Waals surface area contributed by atoms with E-state index in [1.54, 1.807) is 7.11 Å². The first-order valence-electron chi connectivity index (χ1n) is 7.05. The average molecular weight is 288 g/mol. The minimum Gasteiger partial charge on any atom is -0.497 e. The molecule has 1 aromatic heterocycles. The van der Waals surface area contributed by atoms with E-state index in [0.717, 1.165) is 23.9 Å². The first kappa shape index (κ1) is 15.4. The molecule has 0 aliphatic heterocycles. The van der Waals surface area contributed by atoms with Gasteiger partial charge in [0.05, 0.1) is 18.8 Å². The Morgan fingerprint density at radius 3 is 2.71 bits per heavy atom. The summed E-state index contributed by atoms with van der Waals surface area (Å²) in [7, 11) is 7.85. The van der Waals surface area contributed by atoms with Crippen LogP contribution in [0.15, 0.2) is 30.5 Å². The largest absolute Gasteiger partial charge is 0.497 e. The summed E-state index contributed by atoms with van der Waals surface area (Å²) in [5.41, 5.74) is 2.24. The minimum absolute atomic E-state index is 0.247. The number of ether oxygens (including phenoxy) is 1. The Kier molecular flexibility index (Phi) is 4.85. The van der Waals surface area contributed by atoms with Crippen molar-refractivity contribution >= 4 is 5.95 Å². The Bertz CT molecular complexity index is 592. The SMILES string of the molecule is COc1cccc(C(CNc2nc(C)cn2C)N(C)C)c1. The van der Waals surface area contributed by atoms with Gasteiger partial charge in [0.15, 0.2) is 0 Å². The average Bonchev–Trinajstić information content (AvgIpc) is 2.77. The normalized spacial score (nSPS) is 12.5. The fraction of sp³-hybridized carbons (Fsp3) is 0.438. The molecule has 5 heteroatoms. The van der Waals surface area contributed by atoms with Crippen LogP contribution in [0, 0.1) is 6.92 Å². The lowest BCUT2D eigenvalue weighted by molar-refractivity contribution is 0.310. The van der Waals surface area contributed by atoms with Crippen LogP contribution in [0.3, 0.4) is 0 Å². The fourth-order valence-electron chi connectivity index (χ4n) is 2.42. The van der Waals surface area contributed by atoms with Gasteiger partial charge < -0.3 is 19.5 Å². The van der Waals surface area contributed by atoms with Crippen LogP contribution in [0.1, 0.15) is 17.3 Å². The van der Waals surface area contributed by atoms with Crippen LogP contribution in [0.5, 0.6) is 5.75 Å². The van der Waals surface area contributed by atoms with Gasteiger partial charge in [-0.05, 0) is 38.7 Å². The molecule has 1 N–H and O–H groups in total. The highest BCUT2D eigenvalue weighted by molar-refractivity contribution is 5.33. The van der Waals surface area contributed by atoms with Crippen LogP contribution >= 0.6 is 0 Å². The second-order valence-corrected chi connectivity index (χ2v) is 5.45. The zero-order valence-electron chi connectivity index (χ0n) is 13.4. The second-order valence-electron chi connectivity index (χ2n) is 5.45. The van der Waals surface area contributed by atoms with Gasteiger partial charge in [-0.1, -0.05) is 12.1 Å². The van der Waals surface area contributed by atoms with E-state index in [9.17, 15) is 0 Å². The van der Waals surface area contributed by atoms with Gasteiger partial charge in [0, 0.05) is 19.8 Å². The quantitative estimate of drug-likeness (QED) is 0.886. The number of hydrogen-bond acceptors (Lipinski definition) is 4. The molecule has 1 aromatic carbocycles. The Hall–Kier alpha value is -2.01. The highest BCUT2D eigenvalue weighted by Gasteiger charge is 2.15. The summed E-state index contributed by atoms with van der Waals surface area (Å²) in [6, 6.07) is 8.44. The molecule has 5 nitrogen and oxygen atoms in total. The van der Waals surface area contributed by atoms with Crippen molar-refractivity contribution in [2.75, 3.05) is 33.1 Å². The minimum atomic E-state index is 0.247. The Balaban J connectivity index is 2.14. The number of anilines is 1. The standard InChI is InChI=1S/C16H24N4O/c1-12-11-20(4)16(18-12)17-10-15(19(2)3)13-7-6-8-14(9-13)21-5/h6-9,11,15H,10H2,1-5H3,(H,17,18). The molecule has 0 aliphatic rings. The van der Waals surface area contributed by atoms with E-state index in [1.807, 2.05) is 36.9 Å². The third-order valence-electron chi connectivity index (χ3n) is 3.55. The molecule has 1 atom stereocenters. The maximum atomic E-state index is 5.31. The van der Waals surface area contributed by atoms with Crippen molar-refractivity contribution in [2.45, 2.75) is 13.0 Å². The predicted octanol–water partition coefficient (Wildman–Crippen LogP) is 2.45. The molecule has 21 heavy (non-hydrogen) atoms. The van der Waals surface area contributed by atoms with Gasteiger partial charge in [0.25, 0.3) is 0 Å². The van der Waals surface area contributed by atoms with Crippen molar-refractivity contribution in [2.24, 2.45) is 7.05 Å². The number of likely N-dealkylation sites (N-methyl/N-ethyl adjacent to an activating group) is 1. The summed E-state index contributed by atoms with van der Waals surface area (Å²) >= 11 is 0. The monoisotopic (exact) mass is 288 g/mol. The van der Waals surface area contributed by atoms with E-state index < -0.39 is 0 Å². The number of imidazole rings is 1.